The molecule has 2 saturated carbocycles. The summed E-state index contributed by atoms with van der Waals surface area (Å²) in [5, 5.41) is 7.00. The Bertz CT molecular complexity index is 1210. The Morgan fingerprint density at radius 2 is 1.82 bits per heavy atom. The quantitative estimate of drug-likeness (QED) is 0.332. The molecule has 4 N–H and O–H groups in total. The monoisotopic (exact) mass is 562 g/mol. The number of nitrogens with two attached hydrogens (primary N) is 1. The van der Waals surface area contributed by atoms with Crippen molar-refractivity contribution in [1.82, 2.24) is 14.9 Å². The molecule has 1 aromatic heterocycles. The van der Waals surface area contributed by atoms with Crippen LogP contribution in [-0.4, -0.2) is 58.8 Å². The van der Waals surface area contributed by atoms with Crippen molar-refractivity contribution in [3.63, 3.8) is 0 Å². The summed E-state index contributed by atoms with van der Waals surface area (Å²) in [5.74, 6) is 3.31. The van der Waals surface area contributed by atoms with Crippen molar-refractivity contribution in [2.75, 3.05) is 36.6 Å². The summed E-state index contributed by atoms with van der Waals surface area (Å²) in [5.41, 5.74) is 7.76. The molecule has 40 heavy (non-hydrogen) atoms. The van der Waals surface area contributed by atoms with Crippen molar-refractivity contribution in [2.24, 2.45) is 23.5 Å². The Balaban J connectivity index is 1.06. The normalized spacial score (nSPS) is 25.9. The van der Waals surface area contributed by atoms with Crippen molar-refractivity contribution in [3.05, 3.63) is 42.1 Å². The van der Waals surface area contributed by atoms with E-state index in [2.05, 4.69) is 34.7 Å². The molecule has 6 rings (SSSR count). The van der Waals surface area contributed by atoms with Gasteiger partial charge in [0.1, 0.15) is 18.2 Å². The number of fused-ring (bicyclic) bond motifs is 3. The van der Waals surface area contributed by atoms with E-state index >= 15 is 0 Å². The number of carbonyl (C=O) groups excluding carboxylic acids is 1. The van der Waals surface area contributed by atoms with Gasteiger partial charge < -0.3 is 26.0 Å². The van der Waals surface area contributed by atoms with Gasteiger partial charge in [-0.3, -0.25) is 4.79 Å². The third-order valence-corrected chi connectivity index (χ3v) is 10.3. The van der Waals surface area contributed by atoms with E-state index in [4.69, 9.17) is 20.4 Å². The summed E-state index contributed by atoms with van der Waals surface area (Å²) < 4.78 is 6.08. The molecule has 4 atom stereocenters. The largest absolute Gasteiger partial charge is 0.492 e. The zero-order valence-electron chi connectivity index (χ0n) is 23.5. The number of aryl methyl sites for hydroxylation is 1. The highest BCUT2D eigenvalue weighted by atomic mass is 32.2. The maximum absolute atomic E-state index is 12.2. The van der Waals surface area contributed by atoms with Crippen molar-refractivity contribution in [1.29, 1.82) is 0 Å². The summed E-state index contributed by atoms with van der Waals surface area (Å²) in [4.78, 5) is 25.5. The molecule has 4 aliphatic rings. The van der Waals surface area contributed by atoms with Crippen molar-refractivity contribution in [2.45, 2.75) is 74.8 Å². The van der Waals surface area contributed by atoms with Crippen LogP contribution >= 0.6 is 11.8 Å². The summed E-state index contributed by atoms with van der Waals surface area (Å²) in [7, 11) is 2.24. The number of anilines is 3. The van der Waals surface area contributed by atoms with Gasteiger partial charge in [0.25, 0.3) is 0 Å². The van der Waals surface area contributed by atoms with Crippen LogP contribution in [0.2, 0.25) is 0 Å². The molecular formula is C31H42N6O2S. The number of aromatic nitrogens is 2. The number of amides is 1. The van der Waals surface area contributed by atoms with Crippen LogP contribution in [0.4, 0.5) is 17.5 Å². The van der Waals surface area contributed by atoms with Crippen LogP contribution in [0.1, 0.15) is 57.1 Å². The lowest BCUT2D eigenvalue weighted by Gasteiger charge is -2.29. The molecular weight excluding hydrogens is 520 g/mol. The highest BCUT2D eigenvalue weighted by Crippen LogP contribution is 2.46. The van der Waals surface area contributed by atoms with Gasteiger partial charge in [-0.1, -0.05) is 44.3 Å². The molecule has 0 spiro atoms. The number of nitrogens with zero attached hydrogens (tertiary/aromatic N) is 3. The maximum atomic E-state index is 12.2. The first-order chi connectivity index (χ1) is 19.5. The Labute approximate surface area is 241 Å². The molecule has 214 valence electrons. The molecule has 2 fully saturated rings. The van der Waals surface area contributed by atoms with Crippen LogP contribution in [0.3, 0.4) is 0 Å². The molecule has 8 nitrogen and oxygen atoms in total. The van der Waals surface area contributed by atoms with Gasteiger partial charge in [0, 0.05) is 36.5 Å². The summed E-state index contributed by atoms with van der Waals surface area (Å²) in [6, 6.07) is 8.68. The number of ether oxygens (including phenoxy) is 1. The molecule has 1 aliphatic heterocycles. The molecule has 1 amide bonds. The molecule has 2 aromatic rings. The smallest absolute Gasteiger partial charge is 0.229 e. The maximum Gasteiger partial charge on any atom is 0.229 e. The van der Waals surface area contributed by atoms with E-state index < -0.39 is 0 Å². The highest BCUT2D eigenvalue weighted by molar-refractivity contribution is 7.99. The number of primary amides is 1. The number of nitrogens with one attached hydrogen (secondary N) is 2. The van der Waals surface area contributed by atoms with E-state index in [0.717, 1.165) is 53.0 Å². The predicted octanol–water partition coefficient (Wildman–Crippen LogP) is 5.38. The first kappa shape index (κ1) is 27.4. The zero-order chi connectivity index (χ0) is 27.5. The van der Waals surface area contributed by atoms with Gasteiger partial charge in [0.2, 0.25) is 11.9 Å². The summed E-state index contributed by atoms with van der Waals surface area (Å²) in [6.07, 6.45) is 15.7. The van der Waals surface area contributed by atoms with E-state index in [-0.39, 0.29) is 23.8 Å². The third kappa shape index (κ3) is 6.10. The predicted molar refractivity (Wildman–Crippen MR) is 161 cm³/mol. The molecule has 3 aliphatic carbocycles. The fraction of sp³-hybridized carbons (Fsp3) is 0.581. The number of hydrogen-bond acceptors (Lipinski definition) is 8. The highest BCUT2D eigenvalue weighted by Gasteiger charge is 2.48. The molecule has 1 aromatic carbocycles. The van der Waals surface area contributed by atoms with E-state index in [9.17, 15) is 4.79 Å². The molecule has 2 heterocycles. The summed E-state index contributed by atoms with van der Waals surface area (Å²) >= 11 is 1.78. The molecule has 2 bridgehead atoms. The first-order valence-corrected chi connectivity index (χ1v) is 16.0. The third-order valence-electron chi connectivity index (χ3n) is 9.13. The van der Waals surface area contributed by atoms with Crippen LogP contribution < -0.4 is 21.1 Å². The molecule has 0 saturated heterocycles. The fourth-order valence-electron chi connectivity index (χ4n) is 6.92. The van der Waals surface area contributed by atoms with E-state index in [1.807, 2.05) is 24.3 Å². The molecule has 9 heteroatoms. The van der Waals surface area contributed by atoms with Gasteiger partial charge in [-0.15, -0.1) is 11.8 Å². The Morgan fingerprint density at radius 1 is 1.07 bits per heavy atom. The number of likely N-dealkylation sites (N-methyl/N-ethyl adjacent to an activating group) is 1. The lowest BCUT2D eigenvalue weighted by Crippen LogP contribution is -2.41. The molecule has 0 radical (unpaired) electrons. The Kier molecular flexibility index (Phi) is 8.48. The minimum atomic E-state index is -0.236. The van der Waals surface area contributed by atoms with E-state index in [0.29, 0.717) is 24.5 Å². The summed E-state index contributed by atoms with van der Waals surface area (Å²) in [6.45, 7) is 1.63. The Hall–Kier alpha value is -2.78. The van der Waals surface area contributed by atoms with Gasteiger partial charge in [0.05, 0.1) is 16.5 Å². The number of carbonyl (C=O) groups is 1. The number of allylic oxidation sites excluding steroid dienone is 1. The van der Waals surface area contributed by atoms with Crippen molar-refractivity contribution in [3.8, 4) is 5.75 Å². The lowest BCUT2D eigenvalue weighted by atomic mass is 9.88. The van der Waals surface area contributed by atoms with Gasteiger partial charge in [-0.05, 0) is 62.4 Å². The van der Waals surface area contributed by atoms with Crippen molar-refractivity contribution < 1.29 is 9.53 Å². The SMILES string of the molecule is CN(CCOc1ccc(Nc2nc3c(c(NC4C5C=CC(C5)C4C(N)=O)n2)SCC3)cc1)C1CCCCCCC1. The average Bonchev–Trinajstić information content (AvgIpc) is 3.66. The second kappa shape index (κ2) is 12.4. The van der Waals surface area contributed by atoms with E-state index in [1.165, 1.54) is 44.9 Å². The second-order valence-corrected chi connectivity index (χ2v) is 12.9. The van der Waals surface area contributed by atoms with Crippen LogP contribution in [0.15, 0.2) is 41.3 Å². The van der Waals surface area contributed by atoms with Crippen LogP contribution in [0.5, 0.6) is 5.75 Å². The van der Waals surface area contributed by atoms with Gasteiger partial charge in [-0.25, -0.2) is 4.98 Å². The van der Waals surface area contributed by atoms with Gasteiger partial charge in [0.15, 0.2) is 0 Å². The second-order valence-electron chi connectivity index (χ2n) is 11.8. The lowest BCUT2D eigenvalue weighted by molar-refractivity contribution is -0.122. The van der Waals surface area contributed by atoms with E-state index in [1.54, 1.807) is 11.8 Å². The topological polar surface area (TPSA) is 105 Å². The zero-order valence-corrected chi connectivity index (χ0v) is 24.3. The van der Waals surface area contributed by atoms with Crippen molar-refractivity contribution >= 4 is 35.1 Å². The fourth-order valence-corrected chi connectivity index (χ4v) is 7.97. The van der Waals surface area contributed by atoms with Gasteiger partial charge in [-0.2, -0.15) is 4.98 Å². The number of benzene rings is 1. The van der Waals surface area contributed by atoms with Gasteiger partial charge >= 0.3 is 0 Å². The first-order valence-electron chi connectivity index (χ1n) is 15.0. The van der Waals surface area contributed by atoms with Crippen LogP contribution in [0.25, 0.3) is 0 Å². The average molecular weight is 563 g/mol. The minimum Gasteiger partial charge on any atom is -0.492 e. The number of rotatable bonds is 10. The number of thioether (sulfide) groups is 1. The number of hydrogen-bond donors (Lipinski definition) is 3. The Morgan fingerprint density at radius 3 is 2.60 bits per heavy atom. The van der Waals surface area contributed by atoms with Crippen LogP contribution in [0, 0.1) is 17.8 Å². The standard InChI is InChI=1S/C31H42N6O2S/c1-37(23-7-5-3-2-4-6-8-23)16-17-39-24-13-11-22(12-14-24)33-31-34-25-15-18-40-28(25)30(36-31)35-27-21-10-9-20(19-21)26(27)29(32)38/h9-14,20-21,23,26-27H,2-8,15-19H2,1H3,(H2,32,38)(H2,33,34,35,36). The van der Waals surface area contributed by atoms with Crippen LogP contribution in [-0.2, 0) is 11.2 Å². The molecule has 4 unspecified atom stereocenters. The minimum absolute atomic E-state index is 0.0249.